The maximum Gasteiger partial charge on any atom is 0.0948 e. The quantitative estimate of drug-likeness (QED) is 0.818. The van der Waals surface area contributed by atoms with Crippen LogP contribution in [0, 0.1) is 5.92 Å². The highest BCUT2D eigenvalue weighted by atomic mass is 32.1. The van der Waals surface area contributed by atoms with Crippen molar-refractivity contribution in [2.45, 2.75) is 39.2 Å². The fourth-order valence-corrected chi connectivity index (χ4v) is 3.12. The lowest BCUT2D eigenvalue weighted by Gasteiger charge is -2.15. The van der Waals surface area contributed by atoms with Gasteiger partial charge < -0.3 is 5.32 Å². The number of likely N-dealkylation sites (N-methyl/N-ethyl adjacent to an activating group) is 1. The highest BCUT2D eigenvalue weighted by molar-refractivity contribution is 7.09. The molecule has 0 radical (unpaired) electrons. The van der Waals surface area contributed by atoms with Crippen LogP contribution < -0.4 is 5.32 Å². The number of benzene rings is 1. The molecule has 0 aliphatic carbocycles. The van der Waals surface area contributed by atoms with E-state index in [1.807, 2.05) is 6.07 Å². The second-order valence-electron chi connectivity index (χ2n) is 5.65. The van der Waals surface area contributed by atoms with Crippen LogP contribution in [0.1, 0.15) is 31.7 Å². The minimum Gasteiger partial charge on any atom is -0.317 e. The summed E-state index contributed by atoms with van der Waals surface area (Å²) >= 11 is 1.77. The molecule has 0 saturated carbocycles. The van der Waals surface area contributed by atoms with E-state index < -0.39 is 0 Å². The van der Waals surface area contributed by atoms with E-state index in [4.69, 9.17) is 4.98 Å². The van der Waals surface area contributed by atoms with Crippen molar-refractivity contribution in [2.24, 2.45) is 5.92 Å². The molecule has 2 aromatic rings. The van der Waals surface area contributed by atoms with E-state index in [2.05, 4.69) is 55.9 Å². The SMILES string of the molecule is CNC(CCC(C)C)Cc1nc(-c2ccccc2)cs1. The van der Waals surface area contributed by atoms with Gasteiger partial charge in [0.05, 0.1) is 10.7 Å². The standard InChI is InChI=1S/C17H24N2S/c1-13(2)9-10-15(18-3)11-17-19-16(12-20-17)14-7-5-4-6-8-14/h4-8,12-13,15,18H,9-11H2,1-3H3. The Hall–Kier alpha value is -1.19. The Bertz CT molecular complexity index is 505. The molecule has 1 unspecified atom stereocenters. The molecule has 20 heavy (non-hydrogen) atoms. The monoisotopic (exact) mass is 288 g/mol. The van der Waals surface area contributed by atoms with E-state index in [9.17, 15) is 0 Å². The predicted molar refractivity (Wildman–Crippen MR) is 88.2 cm³/mol. The molecule has 2 nitrogen and oxygen atoms in total. The van der Waals surface area contributed by atoms with Crippen LogP contribution in [0.4, 0.5) is 0 Å². The summed E-state index contributed by atoms with van der Waals surface area (Å²) in [6.07, 6.45) is 3.51. The largest absolute Gasteiger partial charge is 0.317 e. The molecule has 1 aromatic carbocycles. The highest BCUT2D eigenvalue weighted by Gasteiger charge is 2.11. The van der Waals surface area contributed by atoms with E-state index in [1.165, 1.54) is 23.4 Å². The van der Waals surface area contributed by atoms with Gasteiger partial charge in [0.15, 0.2) is 0 Å². The molecule has 3 heteroatoms. The maximum atomic E-state index is 4.77. The molecular formula is C17H24N2S. The van der Waals surface area contributed by atoms with Gasteiger partial charge in [0.25, 0.3) is 0 Å². The van der Waals surface area contributed by atoms with Gasteiger partial charge in [0, 0.05) is 23.4 Å². The van der Waals surface area contributed by atoms with E-state index in [0.29, 0.717) is 6.04 Å². The summed E-state index contributed by atoms with van der Waals surface area (Å²) in [7, 11) is 2.05. The van der Waals surface area contributed by atoms with Crippen LogP contribution in [0.3, 0.4) is 0 Å². The van der Waals surface area contributed by atoms with E-state index in [0.717, 1.165) is 18.0 Å². The van der Waals surface area contributed by atoms with Crippen LogP contribution in [0.2, 0.25) is 0 Å². The molecule has 1 aromatic heterocycles. The number of rotatable bonds is 7. The van der Waals surface area contributed by atoms with E-state index in [1.54, 1.807) is 11.3 Å². The molecule has 0 aliphatic rings. The number of nitrogens with zero attached hydrogens (tertiary/aromatic N) is 1. The fraction of sp³-hybridized carbons (Fsp3) is 0.471. The smallest absolute Gasteiger partial charge is 0.0948 e. The van der Waals surface area contributed by atoms with Crippen molar-refractivity contribution in [3.05, 3.63) is 40.7 Å². The normalized spacial score (nSPS) is 12.8. The maximum absolute atomic E-state index is 4.77. The Labute approximate surface area is 126 Å². The average molecular weight is 288 g/mol. The van der Waals surface area contributed by atoms with Crippen LogP contribution in [-0.2, 0) is 6.42 Å². The topological polar surface area (TPSA) is 24.9 Å². The summed E-state index contributed by atoms with van der Waals surface area (Å²) in [5.74, 6) is 0.766. The molecule has 1 N–H and O–H groups in total. The fourth-order valence-electron chi connectivity index (χ4n) is 2.24. The number of aromatic nitrogens is 1. The summed E-state index contributed by atoms with van der Waals surface area (Å²) in [5.41, 5.74) is 2.31. The van der Waals surface area contributed by atoms with Gasteiger partial charge in [0.2, 0.25) is 0 Å². The van der Waals surface area contributed by atoms with Crippen LogP contribution in [0.25, 0.3) is 11.3 Å². The molecule has 0 aliphatic heterocycles. The Balaban J connectivity index is 1.98. The van der Waals surface area contributed by atoms with Gasteiger partial charge in [-0.3, -0.25) is 0 Å². The second kappa shape index (κ2) is 7.55. The van der Waals surface area contributed by atoms with E-state index >= 15 is 0 Å². The first-order valence-corrected chi connectivity index (χ1v) is 8.24. The molecule has 0 fully saturated rings. The lowest BCUT2D eigenvalue weighted by Crippen LogP contribution is -2.27. The van der Waals surface area contributed by atoms with Gasteiger partial charge in [-0.25, -0.2) is 4.98 Å². The summed E-state index contributed by atoms with van der Waals surface area (Å²) < 4.78 is 0. The van der Waals surface area contributed by atoms with Gasteiger partial charge >= 0.3 is 0 Å². The Kier molecular flexibility index (Phi) is 5.74. The number of nitrogens with one attached hydrogen (secondary N) is 1. The zero-order chi connectivity index (χ0) is 14.4. The van der Waals surface area contributed by atoms with Gasteiger partial charge in [-0.05, 0) is 25.8 Å². The summed E-state index contributed by atoms with van der Waals surface area (Å²) in [6, 6.07) is 10.9. The average Bonchev–Trinajstić information content (AvgIpc) is 2.92. The van der Waals surface area contributed by atoms with Crippen LogP contribution >= 0.6 is 11.3 Å². The first-order valence-electron chi connectivity index (χ1n) is 7.36. The zero-order valence-corrected chi connectivity index (χ0v) is 13.4. The third kappa shape index (κ3) is 4.43. The lowest BCUT2D eigenvalue weighted by molar-refractivity contribution is 0.450. The molecular weight excluding hydrogens is 264 g/mol. The van der Waals surface area contributed by atoms with E-state index in [-0.39, 0.29) is 0 Å². The first-order chi connectivity index (χ1) is 9.69. The molecule has 1 atom stereocenters. The van der Waals surface area contributed by atoms with Crippen molar-refractivity contribution in [2.75, 3.05) is 7.05 Å². The van der Waals surface area contributed by atoms with Crippen molar-refractivity contribution in [3.8, 4) is 11.3 Å². The minimum absolute atomic E-state index is 0.534. The summed E-state index contributed by atoms with van der Waals surface area (Å²) in [4.78, 5) is 4.77. The Morgan fingerprint density at radius 2 is 1.90 bits per heavy atom. The van der Waals surface area contributed by atoms with Crippen LogP contribution in [-0.4, -0.2) is 18.1 Å². The predicted octanol–water partition coefficient (Wildman–Crippen LogP) is 4.38. The zero-order valence-electron chi connectivity index (χ0n) is 12.6. The number of thiazole rings is 1. The molecule has 2 rings (SSSR count). The van der Waals surface area contributed by atoms with Crippen molar-refractivity contribution >= 4 is 11.3 Å². The first kappa shape index (κ1) is 15.2. The van der Waals surface area contributed by atoms with Crippen molar-refractivity contribution in [1.82, 2.24) is 10.3 Å². The summed E-state index contributed by atoms with van der Waals surface area (Å²) in [6.45, 7) is 4.56. The molecule has 0 spiro atoms. The Morgan fingerprint density at radius 1 is 1.15 bits per heavy atom. The lowest BCUT2D eigenvalue weighted by atomic mass is 10.0. The second-order valence-corrected chi connectivity index (χ2v) is 6.60. The van der Waals surface area contributed by atoms with Crippen LogP contribution in [0.5, 0.6) is 0 Å². The van der Waals surface area contributed by atoms with Crippen molar-refractivity contribution in [3.63, 3.8) is 0 Å². The summed E-state index contributed by atoms with van der Waals surface area (Å²) in [5, 5.41) is 6.82. The van der Waals surface area contributed by atoms with Gasteiger partial charge in [-0.15, -0.1) is 11.3 Å². The van der Waals surface area contributed by atoms with Crippen LogP contribution in [0.15, 0.2) is 35.7 Å². The third-order valence-corrected chi connectivity index (χ3v) is 4.41. The third-order valence-electron chi connectivity index (χ3n) is 3.54. The molecule has 0 bridgehead atoms. The van der Waals surface area contributed by atoms with Crippen molar-refractivity contribution in [1.29, 1.82) is 0 Å². The molecule has 0 amide bonds. The minimum atomic E-state index is 0.534. The van der Waals surface area contributed by atoms with Gasteiger partial charge in [-0.2, -0.15) is 0 Å². The highest BCUT2D eigenvalue weighted by Crippen LogP contribution is 2.23. The Morgan fingerprint density at radius 3 is 2.55 bits per heavy atom. The molecule has 1 heterocycles. The number of hydrogen-bond acceptors (Lipinski definition) is 3. The number of hydrogen-bond donors (Lipinski definition) is 1. The van der Waals surface area contributed by atoms with Crippen molar-refractivity contribution < 1.29 is 0 Å². The molecule has 0 saturated heterocycles. The molecule has 108 valence electrons. The van der Waals surface area contributed by atoms with Gasteiger partial charge in [-0.1, -0.05) is 44.2 Å². The van der Waals surface area contributed by atoms with Gasteiger partial charge in [0.1, 0.15) is 0 Å².